The monoisotopic (exact) mass is 279 g/mol. The molecule has 0 aliphatic rings. The van der Waals surface area contributed by atoms with Crippen molar-refractivity contribution in [1.82, 2.24) is 15.0 Å². The first-order valence-electron chi connectivity index (χ1n) is 6.42. The van der Waals surface area contributed by atoms with Gasteiger partial charge in [0.25, 0.3) is 0 Å². The molecule has 2 aromatic heterocycles. The Balaban J connectivity index is 2.30. The van der Waals surface area contributed by atoms with E-state index in [1.807, 2.05) is 5.38 Å². The summed E-state index contributed by atoms with van der Waals surface area (Å²) in [5.41, 5.74) is 1.23. The van der Waals surface area contributed by atoms with Gasteiger partial charge in [-0.1, -0.05) is 13.3 Å². The van der Waals surface area contributed by atoms with E-state index in [0.29, 0.717) is 18.1 Å². The Kier molecular flexibility index (Phi) is 4.68. The van der Waals surface area contributed by atoms with Crippen LogP contribution in [-0.2, 0) is 11.2 Å². The fourth-order valence-electron chi connectivity index (χ4n) is 1.75. The van der Waals surface area contributed by atoms with Crippen LogP contribution in [0.5, 0.6) is 0 Å². The SMILES string of the molecule is CCCCc1[nH]c(-c2nccs2)nc1C(=O)OCC. The van der Waals surface area contributed by atoms with Crippen LogP contribution in [0.1, 0.15) is 42.9 Å². The molecule has 0 amide bonds. The third-order valence-electron chi connectivity index (χ3n) is 2.66. The van der Waals surface area contributed by atoms with Gasteiger partial charge in [-0.15, -0.1) is 11.3 Å². The van der Waals surface area contributed by atoms with Crippen molar-refractivity contribution >= 4 is 17.3 Å². The molecule has 102 valence electrons. The second kappa shape index (κ2) is 6.47. The van der Waals surface area contributed by atoms with Gasteiger partial charge in [0.05, 0.1) is 12.3 Å². The number of thiazole rings is 1. The number of nitrogens with one attached hydrogen (secondary N) is 1. The van der Waals surface area contributed by atoms with Crippen LogP contribution >= 0.6 is 11.3 Å². The Hall–Kier alpha value is -1.69. The molecule has 2 aromatic rings. The van der Waals surface area contributed by atoms with E-state index < -0.39 is 0 Å². The lowest BCUT2D eigenvalue weighted by Gasteiger charge is -2.01. The number of ether oxygens (including phenoxy) is 1. The summed E-state index contributed by atoms with van der Waals surface area (Å²) in [5.74, 6) is 0.275. The predicted molar refractivity (Wildman–Crippen MR) is 74.3 cm³/mol. The highest BCUT2D eigenvalue weighted by Crippen LogP contribution is 2.21. The maximum atomic E-state index is 11.9. The third-order valence-corrected chi connectivity index (χ3v) is 3.44. The lowest BCUT2D eigenvalue weighted by atomic mass is 10.2. The average Bonchev–Trinajstić information content (AvgIpc) is 3.05. The van der Waals surface area contributed by atoms with Gasteiger partial charge in [0.1, 0.15) is 0 Å². The maximum Gasteiger partial charge on any atom is 0.358 e. The zero-order valence-corrected chi connectivity index (χ0v) is 11.9. The Bertz CT molecular complexity index is 534. The number of aromatic amines is 1. The molecule has 0 saturated carbocycles. The number of esters is 1. The molecule has 0 aliphatic carbocycles. The van der Waals surface area contributed by atoms with E-state index >= 15 is 0 Å². The van der Waals surface area contributed by atoms with Crippen molar-refractivity contribution in [2.75, 3.05) is 6.61 Å². The van der Waals surface area contributed by atoms with Gasteiger partial charge in [-0.25, -0.2) is 14.8 Å². The smallest absolute Gasteiger partial charge is 0.358 e. The number of H-pyrrole nitrogens is 1. The zero-order valence-electron chi connectivity index (χ0n) is 11.1. The van der Waals surface area contributed by atoms with Gasteiger partial charge in [-0.2, -0.15) is 0 Å². The Morgan fingerprint density at radius 1 is 1.47 bits per heavy atom. The lowest BCUT2D eigenvalue weighted by molar-refractivity contribution is 0.0519. The molecule has 1 N–H and O–H groups in total. The van der Waals surface area contributed by atoms with E-state index in [1.165, 1.54) is 11.3 Å². The fourth-order valence-corrected chi connectivity index (χ4v) is 2.33. The van der Waals surface area contributed by atoms with Crippen LogP contribution in [0, 0.1) is 0 Å². The summed E-state index contributed by atoms with van der Waals surface area (Å²) < 4.78 is 5.04. The highest BCUT2D eigenvalue weighted by molar-refractivity contribution is 7.13. The molecule has 19 heavy (non-hydrogen) atoms. The molecule has 5 nitrogen and oxygen atoms in total. The van der Waals surface area contributed by atoms with Crippen molar-refractivity contribution in [3.05, 3.63) is 23.0 Å². The van der Waals surface area contributed by atoms with Crippen molar-refractivity contribution in [2.45, 2.75) is 33.1 Å². The van der Waals surface area contributed by atoms with Crippen LogP contribution in [0.15, 0.2) is 11.6 Å². The molecule has 0 fully saturated rings. The molecular weight excluding hydrogens is 262 g/mol. The minimum absolute atomic E-state index is 0.353. The van der Waals surface area contributed by atoms with E-state index in [2.05, 4.69) is 21.9 Å². The molecule has 2 heterocycles. The normalized spacial score (nSPS) is 10.6. The summed E-state index contributed by atoms with van der Waals surface area (Å²) in [4.78, 5) is 23.6. The van der Waals surface area contributed by atoms with E-state index in [1.54, 1.807) is 13.1 Å². The Morgan fingerprint density at radius 3 is 2.95 bits per heavy atom. The number of hydrogen-bond acceptors (Lipinski definition) is 5. The minimum Gasteiger partial charge on any atom is -0.461 e. The number of imidazole rings is 1. The lowest BCUT2D eigenvalue weighted by Crippen LogP contribution is -2.08. The van der Waals surface area contributed by atoms with Gasteiger partial charge in [0.2, 0.25) is 0 Å². The van der Waals surface area contributed by atoms with Crippen LogP contribution in [0.25, 0.3) is 10.8 Å². The molecule has 6 heteroatoms. The Labute approximate surface area is 116 Å². The molecule has 0 saturated heterocycles. The number of carbonyl (C=O) groups excluding carboxylic acids is 1. The summed E-state index contributed by atoms with van der Waals surface area (Å²) in [7, 11) is 0. The summed E-state index contributed by atoms with van der Waals surface area (Å²) in [6.45, 7) is 4.26. The number of nitrogens with zero attached hydrogens (tertiary/aromatic N) is 2. The minimum atomic E-state index is -0.368. The zero-order chi connectivity index (χ0) is 13.7. The predicted octanol–water partition coefficient (Wildman–Crippen LogP) is 3.05. The van der Waals surface area contributed by atoms with Crippen molar-refractivity contribution in [2.24, 2.45) is 0 Å². The molecule has 0 radical (unpaired) electrons. The van der Waals surface area contributed by atoms with E-state index in [0.717, 1.165) is 30.0 Å². The molecule has 0 aromatic carbocycles. The number of carbonyl (C=O) groups is 1. The summed E-state index contributed by atoms with van der Waals surface area (Å²) in [5, 5.41) is 2.67. The topological polar surface area (TPSA) is 67.9 Å². The van der Waals surface area contributed by atoms with Crippen LogP contribution in [-0.4, -0.2) is 27.5 Å². The van der Waals surface area contributed by atoms with Crippen LogP contribution in [0.4, 0.5) is 0 Å². The molecule has 0 spiro atoms. The quantitative estimate of drug-likeness (QED) is 0.825. The number of aryl methyl sites for hydroxylation is 1. The highest BCUT2D eigenvalue weighted by Gasteiger charge is 2.19. The largest absolute Gasteiger partial charge is 0.461 e. The maximum absolute atomic E-state index is 11.9. The van der Waals surface area contributed by atoms with Crippen molar-refractivity contribution in [1.29, 1.82) is 0 Å². The van der Waals surface area contributed by atoms with Gasteiger partial charge in [-0.3, -0.25) is 0 Å². The van der Waals surface area contributed by atoms with E-state index in [-0.39, 0.29) is 5.97 Å². The molecule has 0 unspecified atom stereocenters. The third kappa shape index (κ3) is 3.20. The molecular formula is C13H17N3O2S. The van der Waals surface area contributed by atoms with E-state index in [4.69, 9.17) is 4.74 Å². The summed E-state index contributed by atoms with van der Waals surface area (Å²) in [6, 6.07) is 0. The number of hydrogen-bond donors (Lipinski definition) is 1. The van der Waals surface area contributed by atoms with Gasteiger partial charge in [-0.05, 0) is 19.8 Å². The first-order chi connectivity index (χ1) is 9.26. The van der Waals surface area contributed by atoms with Crippen LogP contribution in [0.2, 0.25) is 0 Å². The van der Waals surface area contributed by atoms with Crippen LogP contribution < -0.4 is 0 Å². The average molecular weight is 279 g/mol. The summed E-state index contributed by atoms with van der Waals surface area (Å²) >= 11 is 1.49. The molecule has 0 aliphatic heterocycles. The first-order valence-corrected chi connectivity index (χ1v) is 7.30. The van der Waals surface area contributed by atoms with Crippen LogP contribution in [0.3, 0.4) is 0 Å². The van der Waals surface area contributed by atoms with E-state index in [9.17, 15) is 4.79 Å². The summed E-state index contributed by atoms with van der Waals surface area (Å²) in [6.07, 6.45) is 4.58. The van der Waals surface area contributed by atoms with Crippen molar-refractivity contribution < 1.29 is 9.53 Å². The molecule has 0 atom stereocenters. The fraction of sp³-hybridized carbons (Fsp3) is 0.462. The number of aromatic nitrogens is 3. The van der Waals surface area contributed by atoms with Gasteiger partial charge in [0, 0.05) is 11.6 Å². The highest BCUT2D eigenvalue weighted by atomic mass is 32.1. The standard InChI is InChI=1S/C13H17N3O2S/c1-3-5-6-9-10(13(17)18-4-2)16-11(15-9)12-14-7-8-19-12/h7-8H,3-6H2,1-2H3,(H,15,16). The van der Waals surface area contributed by atoms with Gasteiger partial charge in [0.15, 0.2) is 16.5 Å². The second-order valence-electron chi connectivity index (χ2n) is 4.07. The number of rotatable bonds is 6. The first kappa shape index (κ1) is 13.7. The molecule has 2 rings (SSSR count). The second-order valence-corrected chi connectivity index (χ2v) is 4.97. The Morgan fingerprint density at radius 2 is 2.32 bits per heavy atom. The van der Waals surface area contributed by atoms with Crippen molar-refractivity contribution in [3.8, 4) is 10.8 Å². The molecule has 0 bridgehead atoms. The van der Waals surface area contributed by atoms with Crippen molar-refractivity contribution in [3.63, 3.8) is 0 Å². The number of unbranched alkanes of at least 4 members (excludes halogenated alkanes) is 1. The van der Waals surface area contributed by atoms with Gasteiger partial charge >= 0.3 is 5.97 Å². The van der Waals surface area contributed by atoms with Gasteiger partial charge < -0.3 is 9.72 Å².